The maximum atomic E-state index is 6.19. The number of hydrogen-bond donors (Lipinski definition) is 0. The second-order valence-electron chi connectivity index (χ2n) is 12.3. The summed E-state index contributed by atoms with van der Waals surface area (Å²) in [5.41, 5.74) is 4.75. The second-order valence-corrected chi connectivity index (χ2v) is 12.3. The summed E-state index contributed by atoms with van der Waals surface area (Å²) in [7, 11) is 0. The molecule has 6 heteroatoms. The average Bonchev–Trinajstić information content (AvgIpc) is 3.87. The fraction of sp³-hybridized carbons (Fsp3) is 0.351. The van der Waals surface area contributed by atoms with E-state index in [-0.39, 0.29) is 5.41 Å². The third-order valence-corrected chi connectivity index (χ3v) is 8.56. The highest BCUT2D eigenvalue weighted by Gasteiger charge is 2.31. The van der Waals surface area contributed by atoms with Gasteiger partial charge in [0.15, 0.2) is 0 Å². The molecular formula is C37H39NO5. The standard InChI is InChI=1S/C37H39NO5/c1-37(2,27-6-15-31(16-7-27)42-30-12-3-26(4-13-30)5-14-34-23-39-34)28-8-17-32(18-9-28)43-33-19-10-29(11-20-33)38(21-35-24-40-35)22-36-25-41-36/h3-4,6-13,15-20,34-36H,5,14,21-25H2,1-2H3. The molecule has 0 spiro atoms. The Morgan fingerprint density at radius 3 is 1.40 bits per heavy atom. The van der Waals surface area contributed by atoms with Crippen molar-refractivity contribution in [3.05, 3.63) is 114 Å². The first-order valence-electron chi connectivity index (χ1n) is 15.3. The van der Waals surface area contributed by atoms with Gasteiger partial charge in [-0.15, -0.1) is 0 Å². The summed E-state index contributed by atoms with van der Waals surface area (Å²) >= 11 is 0. The van der Waals surface area contributed by atoms with E-state index in [2.05, 4.69) is 67.3 Å². The van der Waals surface area contributed by atoms with Crippen molar-refractivity contribution in [2.24, 2.45) is 0 Å². The Labute approximate surface area is 254 Å². The number of ether oxygens (including phenoxy) is 5. The number of aryl methyl sites for hydroxylation is 1. The number of benzene rings is 4. The molecule has 0 amide bonds. The summed E-state index contributed by atoms with van der Waals surface area (Å²) in [6, 6.07) is 33.5. The Kier molecular flexibility index (Phi) is 7.83. The van der Waals surface area contributed by atoms with Crippen LogP contribution >= 0.6 is 0 Å². The highest BCUT2D eigenvalue weighted by Crippen LogP contribution is 2.35. The van der Waals surface area contributed by atoms with Crippen molar-refractivity contribution in [3.8, 4) is 23.0 Å². The van der Waals surface area contributed by atoms with Gasteiger partial charge in [-0.2, -0.15) is 0 Å². The van der Waals surface area contributed by atoms with E-state index in [0.29, 0.717) is 18.3 Å². The minimum absolute atomic E-state index is 0.175. The zero-order chi connectivity index (χ0) is 29.2. The van der Waals surface area contributed by atoms with Crippen molar-refractivity contribution in [2.75, 3.05) is 37.8 Å². The molecule has 0 saturated carbocycles. The van der Waals surface area contributed by atoms with Crippen LogP contribution in [0.5, 0.6) is 23.0 Å². The number of rotatable bonds is 14. The molecular weight excluding hydrogens is 538 g/mol. The summed E-state index contributed by atoms with van der Waals surface area (Å²) in [6.07, 6.45) is 3.27. The molecule has 3 heterocycles. The summed E-state index contributed by atoms with van der Waals surface area (Å²) in [6.45, 7) is 8.90. The van der Waals surface area contributed by atoms with Gasteiger partial charge in [0.1, 0.15) is 23.0 Å². The van der Waals surface area contributed by atoms with Gasteiger partial charge < -0.3 is 28.6 Å². The molecule has 3 saturated heterocycles. The first kappa shape index (κ1) is 28.0. The van der Waals surface area contributed by atoms with Crippen LogP contribution in [0.15, 0.2) is 97.1 Å². The summed E-state index contributed by atoms with van der Waals surface area (Å²) in [4.78, 5) is 2.35. The molecule has 222 valence electrons. The second kappa shape index (κ2) is 12.0. The molecule has 3 aliphatic heterocycles. The van der Waals surface area contributed by atoms with Crippen LogP contribution in [-0.2, 0) is 26.0 Å². The van der Waals surface area contributed by atoms with Gasteiger partial charge in [-0.05, 0) is 90.2 Å². The van der Waals surface area contributed by atoms with Crippen molar-refractivity contribution in [1.82, 2.24) is 0 Å². The molecule has 0 N–H and O–H groups in total. The van der Waals surface area contributed by atoms with Crippen LogP contribution in [0.3, 0.4) is 0 Å². The lowest BCUT2D eigenvalue weighted by atomic mass is 9.78. The topological polar surface area (TPSA) is 59.3 Å². The molecule has 0 aromatic heterocycles. The lowest BCUT2D eigenvalue weighted by molar-refractivity contribution is 0.389. The van der Waals surface area contributed by atoms with Crippen LogP contribution in [0.25, 0.3) is 0 Å². The Morgan fingerprint density at radius 1 is 0.581 bits per heavy atom. The smallest absolute Gasteiger partial charge is 0.127 e. The van der Waals surface area contributed by atoms with E-state index in [1.807, 2.05) is 48.5 Å². The van der Waals surface area contributed by atoms with Crippen LogP contribution in [-0.4, -0.2) is 51.2 Å². The number of hydrogen-bond acceptors (Lipinski definition) is 6. The quantitative estimate of drug-likeness (QED) is 0.144. The number of anilines is 1. The predicted molar refractivity (Wildman–Crippen MR) is 168 cm³/mol. The minimum atomic E-state index is -0.175. The SMILES string of the molecule is CC(C)(c1ccc(Oc2ccc(CCC3CO3)cc2)cc1)c1ccc(Oc2ccc(N(CC3CO3)CC3CO3)cc2)cc1. The van der Waals surface area contributed by atoms with Crippen LogP contribution in [0, 0.1) is 0 Å². The number of epoxide rings is 3. The van der Waals surface area contributed by atoms with Gasteiger partial charge in [-0.3, -0.25) is 0 Å². The number of nitrogens with zero attached hydrogens (tertiary/aromatic N) is 1. The van der Waals surface area contributed by atoms with Crippen LogP contribution in [0.1, 0.15) is 37.0 Å². The predicted octanol–water partition coefficient (Wildman–Crippen LogP) is 7.53. The van der Waals surface area contributed by atoms with Crippen molar-refractivity contribution in [1.29, 1.82) is 0 Å². The minimum Gasteiger partial charge on any atom is -0.457 e. The maximum Gasteiger partial charge on any atom is 0.127 e. The van der Waals surface area contributed by atoms with E-state index in [1.54, 1.807) is 0 Å². The molecule has 4 aromatic rings. The van der Waals surface area contributed by atoms with E-state index in [9.17, 15) is 0 Å². The zero-order valence-electron chi connectivity index (χ0n) is 24.9. The van der Waals surface area contributed by atoms with Crippen LogP contribution in [0.4, 0.5) is 5.69 Å². The highest BCUT2D eigenvalue weighted by atomic mass is 16.6. The largest absolute Gasteiger partial charge is 0.457 e. The van der Waals surface area contributed by atoms with Gasteiger partial charge in [-0.25, -0.2) is 0 Å². The summed E-state index contributed by atoms with van der Waals surface area (Å²) in [5, 5.41) is 0. The fourth-order valence-electron chi connectivity index (χ4n) is 5.45. The fourth-order valence-corrected chi connectivity index (χ4v) is 5.45. The monoisotopic (exact) mass is 577 g/mol. The Bertz CT molecular complexity index is 1470. The molecule has 7 rings (SSSR count). The first-order chi connectivity index (χ1) is 21.0. The summed E-state index contributed by atoms with van der Waals surface area (Å²) in [5.74, 6) is 3.32. The normalized spacial score (nSPS) is 20.4. The van der Waals surface area contributed by atoms with Gasteiger partial charge >= 0.3 is 0 Å². The van der Waals surface area contributed by atoms with E-state index in [4.69, 9.17) is 23.7 Å². The van der Waals surface area contributed by atoms with Gasteiger partial charge in [0.25, 0.3) is 0 Å². The molecule has 3 atom stereocenters. The van der Waals surface area contributed by atoms with Crippen molar-refractivity contribution < 1.29 is 23.7 Å². The Balaban J connectivity index is 0.948. The van der Waals surface area contributed by atoms with Gasteiger partial charge in [0.05, 0.1) is 38.1 Å². The first-order valence-corrected chi connectivity index (χ1v) is 15.3. The van der Waals surface area contributed by atoms with E-state index < -0.39 is 0 Å². The lowest BCUT2D eigenvalue weighted by Crippen LogP contribution is -2.31. The van der Waals surface area contributed by atoms with Crippen LogP contribution in [0.2, 0.25) is 0 Å². The molecule has 3 aliphatic rings. The molecule has 4 aromatic carbocycles. The van der Waals surface area contributed by atoms with E-state index >= 15 is 0 Å². The van der Waals surface area contributed by atoms with E-state index in [0.717, 1.165) is 68.7 Å². The molecule has 0 bridgehead atoms. The average molecular weight is 578 g/mol. The maximum absolute atomic E-state index is 6.19. The van der Waals surface area contributed by atoms with Crippen molar-refractivity contribution in [2.45, 2.75) is 50.4 Å². The zero-order valence-corrected chi connectivity index (χ0v) is 24.9. The molecule has 3 unspecified atom stereocenters. The Hall–Kier alpha value is -3.84. The van der Waals surface area contributed by atoms with Gasteiger partial charge in [0.2, 0.25) is 0 Å². The third-order valence-electron chi connectivity index (χ3n) is 8.56. The summed E-state index contributed by atoms with van der Waals surface area (Å²) < 4.78 is 28.5. The molecule has 0 radical (unpaired) electrons. The Morgan fingerprint density at radius 2 is 0.977 bits per heavy atom. The third kappa shape index (κ3) is 7.39. The van der Waals surface area contributed by atoms with Crippen molar-refractivity contribution >= 4 is 5.69 Å². The molecule has 43 heavy (non-hydrogen) atoms. The van der Waals surface area contributed by atoms with E-state index in [1.165, 1.54) is 22.4 Å². The van der Waals surface area contributed by atoms with Gasteiger partial charge in [-0.1, -0.05) is 50.2 Å². The van der Waals surface area contributed by atoms with Crippen molar-refractivity contribution in [3.63, 3.8) is 0 Å². The molecule has 6 nitrogen and oxygen atoms in total. The highest BCUT2D eigenvalue weighted by molar-refractivity contribution is 5.51. The molecule has 0 aliphatic carbocycles. The van der Waals surface area contributed by atoms with Crippen LogP contribution < -0.4 is 14.4 Å². The molecule has 3 fully saturated rings. The lowest BCUT2D eigenvalue weighted by Gasteiger charge is -2.26. The van der Waals surface area contributed by atoms with Gasteiger partial charge in [0, 0.05) is 24.2 Å².